The number of amides is 1. The van der Waals surface area contributed by atoms with E-state index >= 15 is 0 Å². The molecule has 24 heavy (non-hydrogen) atoms. The quantitative estimate of drug-likeness (QED) is 0.723. The maximum Gasteiger partial charge on any atom is 0.251 e. The van der Waals surface area contributed by atoms with Gasteiger partial charge in [0.25, 0.3) is 5.91 Å². The topological polar surface area (TPSA) is 64.8 Å². The van der Waals surface area contributed by atoms with E-state index in [2.05, 4.69) is 10.3 Å². The Hall–Kier alpha value is -2.30. The molecule has 1 heterocycles. The number of aryl methyl sites for hydroxylation is 1. The van der Waals surface area contributed by atoms with Crippen LogP contribution in [0.1, 0.15) is 27.0 Å². The van der Waals surface area contributed by atoms with E-state index in [0.717, 1.165) is 22.0 Å². The molecule has 0 bridgehead atoms. The molecular weight excluding hydrogens is 324 g/mol. The number of aromatic nitrogens is 1. The third kappa shape index (κ3) is 3.45. The minimum absolute atomic E-state index is 0.210. The van der Waals surface area contributed by atoms with Crippen LogP contribution in [0.25, 0.3) is 10.9 Å². The van der Waals surface area contributed by atoms with E-state index in [1.165, 1.54) is 0 Å². The molecule has 0 saturated heterocycles. The molecule has 0 saturated carbocycles. The summed E-state index contributed by atoms with van der Waals surface area (Å²) in [7, 11) is 0. The molecule has 2 N–H and O–H groups in total. The van der Waals surface area contributed by atoms with Crippen molar-refractivity contribution in [1.29, 1.82) is 0 Å². The van der Waals surface area contributed by atoms with Crippen molar-refractivity contribution in [2.24, 2.45) is 0 Å². The molecule has 1 aromatic heterocycles. The molecule has 4 nitrogen and oxygen atoms in total. The average molecular weight is 342 g/mol. The van der Waals surface area contributed by atoms with Gasteiger partial charge in [0.05, 0.1) is 0 Å². The first kappa shape index (κ1) is 16.6. The molecule has 0 unspecified atom stereocenters. The molecule has 1 radical (unpaired) electrons. The molecule has 1 amide bonds. The standard InChI is InChI=1S/C19H18ClN2O2/c1-12-2-4-16(14(8-12)11-23)19(24)21-7-6-13-10-22-18-5-3-15(20)9-17(13)18/h2-5,8-10,22H,6-7,11H2,1H3,(H,21,24). The van der Waals surface area contributed by atoms with Crippen LogP contribution >= 0.6 is 11.6 Å². The summed E-state index contributed by atoms with van der Waals surface area (Å²) in [5.74, 6) is -0.210. The van der Waals surface area contributed by atoms with Crippen LogP contribution in [-0.2, 0) is 18.1 Å². The molecule has 0 aliphatic carbocycles. The molecule has 0 spiro atoms. The SMILES string of the molecule is Cc1ccc(C(=O)NCCc2c[nH]c3ccc(Cl)cc23)c(C[O])c1. The van der Waals surface area contributed by atoms with E-state index in [1.54, 1.807) is 12.1 Å². The molecule has 2 aromatic carbocycles. The first-order valence-electron chi connectivity index (χ1n) is 7.80. The lowest BCUT2D eigenvalue weighted by Crippen LogP contribution is -2.26. The Labute approximate surface area is 145 Å². The van der Waals surface area contributed by atoms with E-state index in [4.69, 9.17) is 11.6 Å². The summed E-state index contributed by atoms with van der Waals surface area (Å²) in [6, 6.07) is 11.0. The minimum atomic E-state index is -0.397. The molecule has 0 aliphatic rings. The van der Waals surface area contributed by atoms with Crippen molar-refractivity contribution in [2.75, 3.05) is 6.54 Å². The number of hydrogen-bond donors (Lipinski definition) is 2. The second-order valence-electron chi connectivity index (χ2n) is 5.81. The van der Waals surface area contributed by atoms with Crippen molar-refractivity contribution in [2.45, 2.75) is 20.0 Å². The van der Waals surface area contributed by atoms with Crippen LogP contribution in [0, 0.1) is 6.92 Å². The Balaban J connectivity index is 1.67. The van der Waals surface area contributed by atoms with Gasteiger partial charge in [-0.25, -0.2) is 5.11 Å². The fourth-order valence-electron chi connectivity index (χ4n) is 2.83. The van der Waals surface area contributed by atoms with Gasteiger partial charge in [0.2, 0.25) is 0 Å². The summed E-state index contributed by atoms with van der Waals surface area (Å²) in [4.78, 5) is 15.5. The highest BCUT2D eigenvalue weighted by Gasteiger charge is 2.11. The van der Waals surface area contributed by atoms with Crippen molar-refractivity contribution >= 4 is 28.4 Å². The van der Waals surface area contributed by atoms with Crippen LogP contribution in [0.5, 0.6) is 0 Å². The summed E-state index contributed by atoms with van der Waals surface area (Å²) in [5.41, 5.74) is 4.09. The highest BCUT2D eigenvalue weighted by Crippen LogP contribution is 2.22. The van der Waals surface area contributed by atoms with E-state index in [1.807, 2.05) is 37.4 Å². The van der Waals surface area contributed by atoms with Gasteiger partial charge in [-0.2, -0.15) is 0 Å². The van der Waals surface area contributed by atoms with Crippen LogP contribution in [-0.4, -0.2) is 17.4 Å². The smallest absolute Gasteiger partial charge is 0.251 e. The lowest BCUT2D eigenvalue weighted by atomic mass is 10.0. The Morgan fingerprint density at radius 1 is 1.17 bits per heavy atom. The van der Waals surface area contributed by atoms with Crippen molar-refractivity contribution in [3.63, 3.8) is 0 Å². The predicted molar refractivity (Wildman–Crippen MR) is 94.9 cm³/mol. The van der Waals surface area contributed by atoms with E-state index in [9.17, 15) is 9.90 Å². The first-order chi connectivity index (χ1) is 11.6. The number of carbonyl (C=O) groups excluding carboxylic acids is 1. The maximum absolute atomic E-state index is 12.3. The lowest BCUT2D eigenvalue weighted by Gasteiger charge is -2.09. The Morgan fingerprint density at radius 2 is 2.00 bits per heavy atom. The van der Waals surface area contributed by atoms with Gasteiger partial charge in [-0.15, -0.1) is 0 Å². The Morgan fingerprint density at radius 3 is 2.79 bits per heavy atom. The summed E-state index contributed by atoms with van der Waals surface area (Å²) >= 11 is 6.05. The Bertz CT molecular complexity index is 886. The normalized spacial score (nSPS) is 11.0. The summed E-state index contributed by atoms with van der Waals surface area (Å²) in [5, 5.41) is 15.9. The van der Waals surface area contributed by atoms with Crippen LogP contribution < -0.4 is 5.32 Å². The fourth-order valence-corrected chi connectivity index (χ4v) is 3.00. The number of hydrogen-bond acceptors (Lipinski definition) is 1. The van der Waals surface area contributed by atoms with Gasteiger partial charge in [-0.05, 0) is 48.7 Å². The molecule has 0 atom stereocenters. The molecule has 0 fully saturated rings. The molecule has 123 valence electrons. The minimum Gasteiger partial charge on any atom is -0.361 e. The summed E-state index contributed by atoms with van der Waals surface area (Å²) < 4.78 is 0. The average Bonchev–Trinajstić information content (AvgIpc) is 2.96. The van der Waals surface area contributed by atoms with Crippen LogP contribution in [0.15, 0.2) is 42.6 Å². The Kier molecular flexibility index (Phi) is 4.88. The molecule has 5 heteroatoms. The van der Waals surface area contributed by atoms with Gasteiger partial charge in [0, 0.05) is 34.2 Å². The van der Waals surface area contributed by atoms with Gasteiger partial charge in [0.15, 0.2) is 0 Å². The molecule has 3 aromatic rings. The largest absolute Gasteiger partial charge is 0.361 e. The van der Waals surface area contributed by atoms with Crippen molar-refractivity contribution < 1.29 is 9.90 Å². The lowest BCUT2D eigenvalue weighted by molar-refractivity contribution is 0.0948. The van der Waals surface area contributed by atoms with Crippen LogP contribution in [0.3, 0.4) is 0 Å². The fraction of sp³-hybridized carbons (Fsp3) is 0.211. The van der Waals surface area contributed by atoms with Gasteiger partial charge < -0.3 is 10.3 Å². The van der Waals surface area contributed by atoms with Crippen molar-refractivity contribution in [3.05, 3.63) is 69.9 Å². The number of nitrogens with one attached hydrogen (secondary N) is 2. The zero-order valence-corrected chi connectivity index (χ0v) is 14.1. The van der Waals surface area contributed by atoms with Crippen LogP contribution in [0.4, 0.5) is 0 Å². The number of H-pyrrole nitrogens is 1. The number of benzene rings is 2. The second-order valence-corrected chi connectivity index (χ2v) is 6.25. The van der Waals surface area contributed by atoms with E-state index in [0.29, 0.717) is 29.1 Å². The molecule has 0 aliphatic heterocycles. The highest BCUT2D eigenvalue weighted by atomic mass is 35.5. The molecule has 3 rings (SSSR count). The number of halogens is 1. The van der Waals surface area contributed by atoms with E-state index < -0.39 is 6.61 Å². The zero-order chi connectivity index (χ0) is 17.1. The van der Waals surface area contributed by atoms with Gasteiger partial charge in [-0.3, -0.25) is 4.79 Å². The monoisotopic (exact) mass is 341 g/mol. The molecular formula is C19H18ClN2O2. The van der Waals surface area contributed by atoms with Gasteiger partial charge in [0.1, 0.15) is 6.61 Å². The number of fused-ring (bicyclic) bond motifs is 1. The van der Waals surface area contributed by atoms with Gasteiger partial charge in [-0.1, -0.05) is 29.3 Å². The number of carbonyl (C=O) groups is 1. The van der Waals surface area contributed by atoms with Crippen molar-refractivity contribution in [3.8, 4) is 0 Å². The second kappa shape index (κ2) is 7.07. The maximum atomic E-state index is 12.3. The number of aromatic amines is 1. The summed E-state index contributed by atoms with van der Waals surface area (Å²) in [6.07, 6.45) is 2.62. The first-order valence-corrected chi connectivity index (χ1v) is 8.17. The third-order valence-electron chi connectivity index (χ3n) is 4.07. The predicted octanol–water partition coefficient (Wildman–Crippen LogP) is 4.03. The van der Waals surface area contributed by atoms with Crippen molar-refractivity contribution in [1.82, 2.24) is 10.3 Å². The zero-order valence-electron chi connectivity index (χ0n) is 13.4. The van der Waals surface area contributed by atoms with Crippen LogP contribution in [0.2, 0.25) is 5.02 Å². The third-order valence-corrected chi connectivity index (χ3v) is 4.31. The van der Waals surface area contributed by atoms with Gasteiger partial charge >= 0.3 is 0 Å². The highest BCUT2D eigenvalue weighted by molar-refractivity contribution is 6.31. The van der Waals surface area contributed by atoms with E-state index in [-0.39, 0.29) is 5.91 Å². The summed E-state index contributed by atoms with van der Waals surface area (Å²) in [6.45, 7) is 2.00. The number of rotatable bonds is 5.